The third-order valence-corrected chi connectivity index (χ3v) is 3.62. The van der Waals surface area contributed by atoms with E-state index in [-0.39, 0.29) is 28.4 Å². The molecule has 0 aliphatic rings. The summed E-state index contributed by atoms with van der Waals surface area (Å²) in [5, 5.41) is 25.9. The fourth-order valence-electron chi connectivity index (χ4n) is 2.18. The summed E-state index contributed by atoms with van der Waals surface area (Å²) in [5.74, 6) is -2.49. The monoisotopic (exact) mass is 400 g/mol. The van der Waals surface area contributed by atoms with Gasteiger partial charge >= 0.3 is 5.97 Å². The Morgan fingerprint density at radius 2 is 1.79 bits per heavy atom. The highest BCUT2D eigenvalue weighted by atomic mass is 16.6. The quantitative estimate of drug-likeness (QED) is 0.263. The smallest absolute Gasteiger partial charge is 0.335 e. The number of nitro groups is 1. The number of ketones is 1. The molecule has 0 radical (unpaired) electrons. The molecule has 0 spiro atoms. The SMILES string of the molecule is COc1cc([N+](=O)[O-])ccc1N/N=C(/C(C)=O)C(=O)Nc1ccc(C(=O)O)cc1. The van der Waals surface area contributed by atoms with Crippen molar-refractivity contribution in [2.75, 3.05) is 17.9 Å². The number of ether oxygens (including phenoxy) is 1. The molecule has 29 heavy (non-hydrogen) atoms. The Hall–Kier alpha value is -4.28. The van der Waals surface area contributed by atoms with Crippen LogP contribution in [-0.4, -0.2) is 40.5 Å². The predicted octanol–water partition coefficient (Wildman–Crippen LogP) is 2.30. The van der Waals surface area contributed by atoms with Gasteiger partial charge in [0.25, 0.3) is 11.6 Å². The zero-order valence-electron chi connectivity index (χ0n) is 15.3. The van der Waals surface area contributed by atoms with Crippen LogP contribution in [-0.2, 0) is 9.59 Å². The van der Waals surface area contributed by atoms with E-state index in [1.165, 1.54) is 43.5 Å². The zero-order chi connectivity index (χ0) is 21.6. The fraction of sp³-hybridized carbons (Fsp3) is 0.111. The number of nitrogens with one attached hydrogen (secondary N) is 2. The van der Waals surface area contributed by atoms with E-state index in [1.54, 1.807) is 0 Å². The first-order valence-corrected chi connectivity index (χ1v) is 8.04. The molecule has 0 fully saturated rings. The lowest BCUT2D eigenvalue weighted by Crippen LogP contribution is -2.29. The molecule has 0 saturated carbocycles. The molecule has 0 aromatic heterocycles. The van der Waals surface area contributed by atoms with Gasteiger partial charge in [0.05, 0.1) is 29.4 Å². The number of methoxy groups -OCH3 is 1. The van der Waals surface area contributed by atoms with Crippen molar-refractivity contribution in [1.29, 1.82) is 0 Å². The van der Waals surface area contributed by atoms with Gasteiger partial charge in [-0.05, 0) is 30.3 Å². The summed E-state index contributed by atoms with van der Waals surface area (Å²) in [6, 6.07) is 9.01. The zero-order valence-corrected chi connectivity index (χ0v) is 15.3. The standard InChI is InChI=1S/C18H16N4O7/c1-10(23)16(17(24)19-12-5-3-11(4-6-12)18(25)26)21-20-14-8-7-13(22(27)28)9-15(14)29-2/h3-9,20H,1-2H3,(H,19,24)(H,25,26)/b21-16-. The number of hydrazone groups is 1. The van der Waals surface area contributed by atoms with Gasteiger partial charge in [-0.15, -0.1) is 0 Å². The summed E-state index contributed by atoms with van der Waals surface area (Å²) in [4.78, 5) is 45.2. The van der Waals surface area contributed by atoms with Crippen LogP contribution < -0.4 is 15.5 Å². The second kappa shape index (κ2) is 9.08. The number of Topliss-reactive ketones (excluding diaryl/α,β-unsaturated/α-hetero) is 1. The number of anilines is 2. The van der Waals surface area contributed by atoms with Crippen molar-refractivity contribution in [1.82, 2.24) is 0 Å². The second-order valence-corrected chi connectivity index (χ2v) is 5.61. The Morgan fingerprint density at radius 1 is 1.14 bits per heavy atom. The van der Waals surface area contributed by atoms with Crippen molar-refractivity contribution in [3.05, 3.63) is 58.1 Å². The van der Waals surface area contributed by atoms with Gasteiger partial charge in [0.2, 0.25) is 0 Å². The molecule has 0 heterocycles. The number of carboxylic acids is 1. The number of hydrogen-bond acceptors (Lipinski definition) is 8. The number of non-ortho nitro benzene ring substituents is 1. The van der Waals surface area contributed by atoms with Gasteiger partial charge in [0.15, 0.2) is 17.2 Å². The van der Waals surface area contributed by atoms with E-state index in [0.29, 0.717) is 0 Å². The molecule has 0 saturated heterocycles. The number of benzene rings is 2. The van der Waals surface area contributed by atoms with Crippen molar-refractivity contribution >= 4 is 40.4 Å². The van der Waals surface area contributed by atoms with Crippen molar-refractivity contribution < 1.29 is 29.2 Å². The average Bonchev–Trinajstić information content (AvgIpc) is 2.68. The van der Waals surface area contributed by atoms with Gasteiger partial charge in [-0.3, -0.25) is 25.1 Å². The molecule has 2 aromatic carbocycles. The number of amides is 1. The molecule has 11 nitrogen and oxygen atoms in total. The first kappa shape index (κ1) is 21.0. The Morgan fingerprint density at radius 3 is 2.31 bits per heavy atom. The summed E-state index contributed by atoms with van der Waals surface area (Å²) in [5.41, 5.74) is 2.32. The molecule has 0 atom stereocenters. The summed E-state index contributed by atoms with van der Waals surface area (Å²) in [7, 11) is 1.30. The van der Waals surface area contributed by atoms with E-state index in [4.69, 9.17) is 9.84 Å². The summed E-state index contributed by atoms with van der Waals surface area (Å²) in [6.45, 7) is 1.14. The number of carbonyl (C=O) groups excluding carboxylic acids is 2. The number of hydrogen-bond donors (Lipinski definition) is 3. The van der Waals surface area contributed by atoms with Gasteiger partial charge in [-0.2, -0.15) is 5.10 Å². The highest BCUT2D eigenvalue weighted by Gasteiger charge is 2.18. The molecule has 150 valence electrons. The lowest BCUT2D eigenvalue weighted by molar-refractivity contribution is -0.384. The van der Waals surface area contributed by atoms with Crippen LogP contribution in [0.1, 0.15) is 17.3 Å². The Bertz CT molecular complexity index is 1000. The third-order valence-electron chi connectivity index (χ3n) is 3.62. The highest BCUT2D eigenvalue weighted by molar-refractivity contribution is 6.67. The van der Waals surface area contributed by atoms with Crippen LogP contribution in [0.25, 0.3) is 0 Å². The van der Waals surface area contributed by atoms with Crippen LogP contribution in [0.5, 0.6) is 5.75 Å². The molecule has 1 amide bonds. The maximum absolute atomic E-state index is 12.4. The lowest BCUT2D eigenvalue weighted by atomic mass is 10.2. The largest absolute Gasteiger partial charge is 0.494 e. The number of aromatic carboxylic acids is 1. The number of rotatable bonds is 8. The van der Waals surface area contributed by atoms with Crippen molar-refractivity contribution in [2.45, 2.75) is 6.92 Å². The van der Waals surface area contributed by atoms with Crippen molar-refractivity contribution in [3.63, 3.8) is 0 Å². The first-order valence-electron chi connectivity index (χ1n) is 8.04. The molecule has 0 bridgehead atoms. The van der Waals surface area contributed by atoms with Gasteiger partial charge in [-0.25, -0.2) is 4.79 Å². The maximum Gasteiger partial charge on any atom is 0.335 e. The van der Waals surface area contributed by atoms with E-state index in [0.717, 1.165) is 13.0 Å². The second-order valence-electron chi connectivity index (χ2n) is 5.61. The van der Waals surface area contributed by atoms with Crippen LogP contribution in [0.15, 0.2) is 47.6 Å². The van der Waals surface area contributed by atoms with Gasteiger partial charge in [-0.1, -0.05) is 0 Å². The van der Waals surface area contributed by atoms with Crippen LogP contribution >= 0.6 is 0 Å². The average molecular weight is 400 g/mol. The molecule has 0 aliphatic carbocycles. The molecular formula is C18H16N4O7. The fourth-order valence-corrected chi connectivity index (χ4v) is 2.18. The Labute approximate surface area is 164 Å². The minimum absolute atomic E-state index is 0.0374. The Balaban J connectivity index is 2.21. The van der Waals surface area contributed by atoms with E-state index >= 15 is 0 Å². The minimum atomic E-state index is -1.12. The highest BCUT2D eigenvalue weighted by Crippen LogP contribution is 2.29. The van der Waals surface area contributed by atoms with E-state index < -0.39 is 28.3 Å². The molecule has 0 unspecified atom stereocenters. The molecule has 2 aromatic rings. The molecule has 2 rings (SSSR count). The summed E-state index contributed by atoms with van der Waals surface area (Å²) < 4.78 is 5.05. The molecule has 3 N–H and O–H groups in total. The first-order chi connectivity index (χ1) is 13.7. The van der Waals surface area contributed by atoms with Gasteiger partial charge in [0.1, 0.15) is 0 Å². The lowest BCUT2D eigenvalue weighted by Gasteiger charge is -2.09. The van der Waals surface area contributed by atoms with E-state index in [2.05, 4.69) is 15.8 Å². The maximum atomic E-state index is 12.4. The van der Waals surface area contributed by atoms with E-state index in [9.17, 15) is 24.5 Å². The van der Waals surface area contributed by atoms with E-state index in [1.807, 2.05) is 0 Å². The topological polar surface area (TPSA) is 160 Å². The van der Waals surface area contributed by atoms with Crippen molar-refractivity contribution in [2.24, 2.45) is 5.10 Å². The Kier molecular flexibility index (Phi) is 6.58. The van der Waals surface area contributed by atoms with Crippen LogP contribution in [0.3, 0.4) is 0 Å². The van der Waals surface area contributed by atoms with Crippen molar-refractivity contribution in [3.8, 4) is 5.75 Å². The molecule has 11 heteroatoms. The third kappa shape index (κ3) is 5.35. The van der Waals surface area contributed by atoms with Crippen LogP contribution in [0.2, 0.25) is 0 Å². The number of nitro benzene ring substituents is 1. The van der Waals surface area contributed by atoms with Crippen LogP contribution in [0.4, 0.5) is 17.1 Å². The van der Waals surface area contributed by atoms with Gasteiger partial charge < -0.3 is 15.2 Å². The number of nitrogens with zero attached hydrogens (tertiary/aromatic N) is 2. The number of carboxylic acid groups (broad SMARTS) is 1. The van der Waals surface area contributed by atoms with Crippen LogP contribution in [0, 0.1) is 10.1 Å². The summed E-state index contributed by atoms with van der Waals surface area (Å²) >= 11 is 0. The summed E-state index contributed by atoms with van der Waals surface area (Å²) in [6.07, 6.45) is 0. The predicted molar refractivity (Wildman–Crippen MR) is 103 cm³/mol. The molecular weight excluding hydrogens is 384 g/mol. The normalized spacial score (nSPS) is 10.8. The minimum Gasteiger partial charge on any atom is -0.494 e. The number of carbonyl (C=O) groups is 3. The van der Waals surface area contributed by atoms with Gasteiger partial charge in [0, 0.05) is 18.7 Å². The molecule has 0 aliphatic heterocycles.